The van der Waals surface area contributed by atoms with E-state index in [2.05, 4.69) is 18.7 Å². The molecule has 0 saturated carbocycles. The number of nitrogens with zero attached hydrogens (tertiary/aromatic N) is 2. The van der Waals surface area contributed by atoms with Crippen molar-refractivity contribution in [2.45, 2.75) is 31.4 Å². The van der Waals surface area contributed by atoms with Gasteiger partial charge in [0.1, 0.15) is 19.8 Å². The molecular formula is C31H30N2O6. The Kier molecular flexibility index (Phi) is 7.91. The maximum Gasteiger partial charge on any atom is 0.429 e. The van der Waals surface area contributed by atoms with Gasteiger partial charge in [-0.15, -0.1) is 0 Å². The van der Waals surface area contributed by atoms with E-state index < -0.39 is 24.2 Å². The molecule has 200 valence electrons. The zero-order valence-corrected chi connectivity index (χ0v) is 21.5. The summed E-state index contributed by atoms with van der Waals surface area (Å²) in [6, 6.07) is 24.2. The van der Waals surface area contributed by atoms with Crippen LogP contribution in [0.3, 0.4) is 0 Å². The molecule has 1 atom stereocenters. The minimum atomic E-state index is -1.03. The second kappa shape index (κ2) is 11.9. The zero-order valence-electron chi connectivity index (χ0n) is 21.5. The lowest BCUT2D eigenvalue weighted by Gasteiger charge is -2.41. The van der Waals surface area contributed by atoms with E-state index in [0.29, 0.717) is 12.8 Å². The van der Waals surface area contributed by atoms with Gasteiger partial charge in [-0.05, 0) is 40.7 Å². The second-order valence-electron chi connectivity index (χ2n) is 9.39. The molecule has 2 aliphatic rings. The Labute approximate surface area is 227 Å². The van der Waals surface area contributed by atoms with Gasteiger partial charge in [-0.1, -0.05) is 91.5 Å². The third-order valence-electron chi connectivity index (χ3n) is 6.96. The van der Waals surface area contributed by atoms with Crippen LogP contribution in [0.15, 0.2) is 91.5 Å². The minimum Gasteiger partial charge on any atom is -0.460 e. The highest BCUT2D eigenvalue weighted by molar-refractivity contribution is 5.84. The predicted molar refractivity (Wildman–Crippen MR) is 144 cm³/mol. The van der Waals surface area contributed by atoms with Crippen LogP contribution in [0, 0.1) is 0 Å². The van der Waals surface area contributed by atoms with E-state index in [1.54, 1.807) is 0 Å². The van der Waals surface area contributed by atoms with Crippen molar-refractivity contribution in [3.8, 4) is 11.1 Å². The van der Waals surface area contributed by atoms with E-state index in [9.17, 15) is 14.4 Å². The Balaban J connectivity index is 1.35. The van der Waals surface area contributed by atoms with Gasteiger partial charge in [0.25, 0.3) is 0 Å². The zero-order chi connectivity index (χ0) is 27.2. The molecule has 0 aromatic heterocycles. The number of amides is 2. The van der Waals surface area contributed by atoms with Gasteiger partial charge in [0, 0.05) is 12.5 Å². The van der Waals surface area contributed by atoms with Gasteiger partial charge in [-0.3, -0.25) is 0 Å². The van der Waals surface area contributed by atoms with Crippen molar-refractivity contribution in [1.82, 2.24) is 10.0 Å². The Morgan fingerprint density at radius 2 is 1.46 bits per heavy atom. The van der Waals surface area contributed by atoms with Crippen LogP contribution in [-0.2, 0) is 25.6 Å². The lowest BCUT2D eigenvalue weighted by molar-refractivity contribution is -0.158. The smallest absolute Gasteiger partial charge is 0.429 e. The van der Waals surface area contributed by atoms with Gasteiger partial charge in [-0.25, -0.2) is 19.4 Å². The molecule has 0 N–H and O–H groups in total. The van der Waals surface area contributed by atoms with Crippen LogP contribution in [0.2, 0.25) is 0 Å². The molecule has 0 bridgehead atoms. The van der Waals surface area contributed by atoms with Crippen molar-refractivity contribution in [3.63, 3.8) is 0 Å². The van der Waals surface area contributed by atoms with Gasteiger partial charge in [0.2, 0.25) is 0 Å². The van der Waals surface area contributed by atoms with Crippen LogP contribution in [0.4, 0.5) is 9.59 Å². The van der Waals surface area contributed by atoms with E-state index in [1.165, 1.54) is 6.08 Å². The molecular weight excluding hydrogens is 496 g/mol. The van der Waals surface area contributed by atoms with E-state index in [-0.39, 0.29) is 32.3 Å². The quantitative estimate of drug-likeness (QED) is 0.224. The fraction of sp³-hybridized carbons (Fsp3) is 0.258. The van der Waals surface area contributed by atoms with Gasteiger partial charge in [0.15, 0.2) is 6.04 Å². The molecule has 3 aromatic carbocycles. The van der Waals surface area contributed by atoms with Crippen molar-refractivity contribution in [2.75, 3.05) is 19.8 Å². The minimum absolute atomic E-state index is 0.00762. The third-order valence-corrected chi connectivity index (χ3v) is 6.96. The standard InChI is InChI=1S/C31H30N2O6/c1-2-19-37-29(34)28-17-10-18-32(30(35)38-20-22-11-4-3-5-12-22)33(28)31(36)39-21-27-25-15-8-6-13-23(25)24-14-7-9-16-26(24)27/h2-9,11-16,27-28H,1,10,17-21H2/t28-/m0/s1. The van der Waals surface area contributed by atoms with E-state index >= 15 is 0 Å². The predicted octanol–water partition coefficient (Wildman–Crippen LogP) is 5.68. The molecule has 1 aliphatic carbocycles. The molecule has 1 saturated heterocycles. The lowest BCUT2D eigenvalue weighted by Crippen LogP contribution is -2.60. The van der Waals surface area contributed by atoms with E-state index in [0.717, 1.165) is 37.8 Å². The Morgan fingerprint density at radius 1 is 0.821 bits per heavy atom. The number of rotatable bonds is 7. The van der Waals surface area contributed by atoms with Crippen LogP contribution < -0.4 is 0 Å². The summed E-state index contributed by atoms with van der Waals surface area (Å²) < 4.78 is 16.6. The number of benzene rings is 3. The Bertz CT molecular complexity index is 1310. The highest BCUT2D eigenvalue weighted by Crippen LogP contribution is 2.44. The van der Waals surface area contributed by atoms with Crippen molar-refractivity contribution < 1.29 is 28.6 Å². The molecule has 3 aromatic rings. The van der Waals surface area contributed by atoms with Crippen LogP contribution >= 0.6 is 0 Å². The average Bonchev–Trinajstić information content (AvgIpc) is 3.31. The number of ether oxygens (including phenoxy) is 3. The number of fused-ring (bicyclic) bond motifs is 3. The van der Waals surface area contributed by atoms with Crippen LogP contribution in [0.1, 0.15) is 35.4 Å². The lowest BCUT2D eigenvalue weighted by atomic mass is 9.98. The fourth-order valence-corrected chi connectivity index (χ4v) is 5.15. The van der Waals surface area contributed by atoms with E-state index in [4.69, 9.17) is 14.2 Å². The first-order valence-corrected chi connectivity index (χ1v) is 13.0. The molecule has 0 radical (unpaired) electrons. The van der Waals surface area contributed by atoms with E-state index in [1.807, 2.05) is 66.7 Å². The molecule has 8 nitrogen and oxygen atoms in total. The second-order valence-corrected chi connectivity index (χ2v) is 9.39. The van der Waals surface area contributed by atoms with Crippen LogP contribution in [0.5, 0.6) is 0 Å². The molecule has 2 amide bonds. The first-order valence-electron chi connectivity index (χ1n) is 13.0. The first kappa shape index (κ1) is 26.0. The van der Waals surface area contributed by atoms with Crippen LogP contribution in [0.25, 0.3) is 11.1 Å². The van der Waals surface area contributed by atoms with Crippen LogP contribution in [-0.4, -0.2) is 54.0 Å². The molecule has 1 fully saturated rings. The highest BCUT2D eigenvalue weighted by Gasteiger charge is 2.43. The summed E-state index contributed by atoms with van der Waals surface area (Å²) in [6.07, 6.45) is 0.705. The maximum atomic E-state index is 13.6. The van der Waals surface area contributed by atoms with Gasteiger partial charge in [-0.2, -0.15) is 5.01 Å². The fourth-order valence-electron chi connectivity index (χ4n) is 5.15. The van der Waals surface area contributed by atoms with Crippen molar-refractivity contribution in [1.29, 1.82) is 0 Å². The molecule has 0 spiro atoms. The van der Waals surface area contributed by atoms with Crippen molar-refractivity contribution in [3.05, 3.63) is 108 Å². The van der Waals surface area contributed by atoms with Crippen molar-refractivity contribution in [2.24, 2.45) is 0 Å². The summed E-state index contributed by atoms with van der Waals surface area (Å²) in [5.41, 5.74) is 5.13. The normalized spacial score (nSPS) is 16.2. The summed E-state index contributed by atoms with van der Waals surface area (Å²) in [4.78, 5) is 39.6. The number of hydrogen-bond acceptors (Lipinski definition) is 6. The molecule has 1 heterocycles. The van der Waals surface area contributed by atoms with Gasteiger partial charge >= 0.3 is 18.2 Å². The summed E-state index contributed by atoms with van der Waals surface area (Å²) in [5.74, 6) is -0.806. The molecule has 1 aliphatic heterocycles. The monoisotopic (exact) mass is 526 g/mol. The molecule has 5 rings (SSSR count). The number of carbonyl (C=O) groups excluding carboxylic acids is 3. The summed E-state index contributed by atoms with van der Waals surface area (Å²) in [5, 5.41) is 2.19. The average molecular weight is 527 g/mol. The SMILES string of the molecule is C=CCOC(=O)[C@@H]1CCCN(C(=O)OCc2ccccc2)N1C(=O)OCC1c2ccccc2-c2ccccc21. The summed E-state index contributed by atoms with van der Waals surface area (Å²) in [7, 11) is 0. The molecule has 0 unspecified atom stereocenters. The summed E-state index contributed by atoms with van der Waals surface area (Å²) in [6.45, 7) is 3.84. The van der Waals surface area contributed by atoms with Gasteiger partial charge in [0.05, 0.1) is 0 Å². The first-order chi connectivity index (χ1) is 19.1. The number of carbonyl (C=O) groups is 3. The molecule has 8 heteroatoms. The summed E-state index contributed by atoms with van der Waals surface area (Å²) >= 11 is 0. The highest BCUT2D eigenvalue weighted by atomic mass is 16.6. The van der Waals surface area contributed by atoms with Gasteiger partial charge < -0.3 is 14.2 Å². The largest absolute Gasteiger partial charge is 0.460 e. The number of hydrogen-bond donors (Lipinski definition) is 0. The number of hydrazine groups is 1. The third kappa shape index (κ3) is 5.50. The molecule has 39 heavy (non-hydrogen) atoms. The Hall–Kier alpha value is -4.59. The topological polar surface area (TPSA) is 85.4 Å². The Morgan fingerprint density at radius 3 is 2.13 bits per heavy atom. The maximum absolute atomic E-state index is 13.6. The number of esters is 1. The van der Waals surface area contributed by atoms with Crippen molar-refractivity contribution >= 4 is 18.2 Å².